The van der Waals surface area contributed by atoms with Crippen molar-refractivity contribution >= 4 is 11.3 Å². The lowest BCUT2D eigenvalue weighted by Crippen LogP contribution is -2.15. The number of aryl methyl sites for hydroxylation is 2. The monoisotopic (exact) mass is 265 g/mol. The van der Waals surface area contributed by atoms with Gasteiger partial charge in [0.25, 0.3) is 0 Å². The summed E-state index contributed by atoms with van der Waals surface area (Å²) < 4.78 is 1.85. The van der Waals surface area contributed by atoms with Crippen LogP contribution in [0.3, 0.4) is 0 Å². The van der Waals surface area contributed by atoms with Crippen molar-refractivity contribution in [2.24, 2.45) is 0 Å². The number of aromatic nitrogens is 4. The first-order valence-electron chi connectivity index (χ1n) is 6.21. The highest BCUT2D eigenvalue weighted by molar-refractivity contribution is 7.11. The Morgan fingerprint density at radius 3 is 2.89 bits per heavy atom. The Bertz CT molecular complexity index is 483. The molecule has 5 nitrogen and oxygen atoms in total. The van der Waals surface area contributed by atoms with Gasteiger partial charge in [0.05, 0.1) is 18.8 Å². The molecule has 0 saturated carbocycles. The lowest BCUT2D eigenvalue weighted by atomic mass is 10.4. The average Bonchev–Trinajstić information content (AvgIpc) is 2.88. The van der Waals surface area contributed by atoms with Crippen LogP contribution in [0.25, 0.3) is 0 Å². The van der Waals surface area contributed by atoms with E-state index in [0.29, 0.717) is 6.54 Å². The summed E-state index contributed by atoms with van der Waals surface area (Å²) in [6.45, 7) is 8.72. The van der Waals surface area contributed by atoms with Crippen molar-refractivity contribution < 1.29 is 0 Å². The number of hydrogen-bond donors (Lipinski definition) is 1. The van der Waals surface area contributed by atoms with E-state index >= 15 is 0 Å². The second-order valence-electron chi connectivity index (χ2n) is 4.28. The van der Waals surface area contributed by atoms with Gasteiger partial charge in [-0.1, -0.05) is 6.92 Å². The Balaban J connectivity index is 1.93. The molecule has 0 spiro atoms. The first-order chi connectivity index (χ1) is 8.69. The maximum absolute atomic E-state index is 4.50. The van der Waals surface area contributed by atoms with Crippen molar-refractivity contribution in [1.29, 1.82) is 0 Å². The summed E-state index contributed by atoms with van der Waals surface area (Å²) in [5.41, 5.74) is 1.11. The fraction of sp³-hybridized carbons (Fsp3) is 0.583. The van der Waals surface area contributed by atoms with Gasteiger partial charge in [-0.15, -0.1) is 11.3 Å². The number of nitrogens with one attached hydrogen (secondary N) is 1. The second kappa shape index (κ2) is 6.06. The van der Waals surface area contributed by atoms with Crippen molar-refractivity contribution in [1.82, 2.24) is 25.1 Å². The summed E-state index contributed by atoms with van der Waals surface area (Å²) >= 11 is 1.72. The molecule has 0 fully saturated rings. The van der Waals surface area contributed by atoms with E-state index in [-0.39, 0.29) is 0 Å². The summed E-state index contributed by atoms with van der Waals surface area (Å²) in [5.74, 6) is 0.841. The Kier molecular flexibility index (Phi) is 4.43. The van der Waals surface area contributed by atoms with Gasteiger partial charge >= 0.3 is 0 Å². The van der Waals surface area contributed by atoms with Crippen LogP contribution in [0.15, 0.2) is 6.33 Å². The van der Waals surface area contributed by atoms with Gasteiger partial charge in [-0.25, -0.2) is 14.6 Å². The fourth-order valence-corrected chi connectivity index (χ4v) is 2.54. The lowest BCUT2D eigenvalue weighted by molar-refractivity contribution is 0.624. The highest BCUT2D eigenvalue weighted by Crippen LogP contribution is 2.16. The molecule has 2 aromatic heterocycles. The molecule has 1 N–H and O–H groups in total. The molecular formula is C12H19N5S. The first-order valence-corrected chi connectivity index (χ1v) is 7.02. The number of nitrogens with zero attached hydrogens (tertiary/aromatic N) is 4. The van der Waals surface area contributed by atoms with Gasteiger partial charge in [-0.05, 0) is 26.8 Å². The van der Waals surface area contributed by atoms with Crippen LogP contribution in [-0.2, 0) is 13.1 Å². The van der Waals surface area contributed by atoms with Gasteiger partial charge in [-0.3, -0.25) is 0 Å². The average molecular weight is 265 g/mol. The molecule has 0 amide bonds. The Morgan fingerprint density at radius 1 is 1.39 bits per heavy atom. The zero-order valence-electron chi connectivity index (χ0n) is 11.1. The van der Waals surface area contributed by atoms with E-state index < -0.39 is 0 Å². The molecule has 0 aliphatic carbocycles. The third kappa shape index (κ3) is 3.36. The van der Waals surface area contributed by atoms with Crippen LogP contribution in [0.2, 0.25) is 0 Å². The fourth-order valence-electron chi connectivity index (χ4n) is 1.61. The maximum Gasteiger partial charge on any atom is 0.164 e. The second-order valence-corrected chi connectivity index (χ2v) is 5.57. The highest BCUT2D eigenvalue weighted by Gasteiger charge is 2.06. The summed E-state index contributed by atoms with van der Waals surface area (Å²) in [6, 6.07) is 0. The largest absolute Gasteiger partial charge is 0.310 e. The van der Waals surface area contributed by atoms with E-state index in [1.807, 2.05) is 11.6 Å². The van der Waals surface area contributed by atoms with E-state index in [9.17, 15) is 0 Å². The van der Waals surface area contributed by atoms with Crippen LogP contribution in [-0.4, -0.2) is 26.3 Å². The molecule has 0 radical (unpaired) electrons. The van der Waals surface area contributed by atoms with E-state index in [2.05, 4.69) is 34.2 Å². The van der Waals surface area contributed by atoms with Gasteiger partial charge in [0.2, 0.25) is 0 Å². The van der Waals surface area contributed by atoms with Gasteiger partial charge < -0.3 is 5.32 Å². The summed E-state index contributed by atoms with van der Waals surface area (Å²) in [4.78, 5) is 10.1. The van der Waals surface area contributed by atoms with Crippen LogP contribution < -0.4 is 5.32 Å². The molecule has 0 aliphatic heterocycles. The van der Waals surface area contributed by atoms with Gasteiger partial charge in [0.15, 0.2) is 5.82 Å². The van der Waals surface area contributed by atoms with Crippen LogP contribution in [0.4, 0.5) is 0 Å². The first kappa shape index (κ1) is 13.2. The molecular weight excluding hydrogens is 246 g/mol. The standard InChI is InChI=1S/C12H19N5S/c1-4-5-13-6-11-14-8-17(16-11)7-12-15-9(2)10(3)18-12/h8,13H,4-7H2,1-3H3. The van der Waals surface area contributed by atoms with Crippen molar-refractivity contribution in [3.63, 3.8) is 0 Å². The summed E-state index contributed by atoms with van der Waals surface area (Å²) in [5, 5.41) is 8.80. The molecule has 0 aliphatic rings. The van der Waals surface area contributed by atoms with Gasteiger partial charge in [0.1, 0.15) is 11.3 Å². The molecule has 18 heavy (non-hydrogen) atoms. The summed E-state index contributed by atoms with van der Waals surface area (Å²) in [6.07, 6.45) is 2.90. The van der Waals surface area contributed by atoms with E-state index in [4.69, 9.17) is 0 Å². The quantitative estimate of drug-likeness (QED) is 0.811. The van der Waals surface area contributed by atoms with Gasteiger partial charge in [0, 0.05) is 4.88 Å². The van der Waals surface area contributed by atoms with E-state index in [1.165, 1.54) is 4.88 Å². The zero-order chi connectivity index (χ0) is 13.0. The van der Waals surface area contributed by atoms with Crippen LogP contribution in [0.5, 0.6) is 0 Å². The molecule has 2 aromatic rings. The minimum Gasteiger partial charge on any atom is -0.310 e. The minimum absolute atomic E-state index is 0.708. The number of rotatable bonds is 6. The molecule has 0 aromatic carbocycles. The smallest absolute Gasteiger partial charge is 0.164 e. The Hall–Kier alpha value is -1.27. The van der Waals surface area contributed by atoms with Crippen molar-refractivity contribution in [2.75, 3.05) is 6.54 Å². The Morgan fingerprint density at radius 2 is 2.22 bits per heavy atom. The molecule has 2 rings (SSSR count). The minimum atomic E-state index is 0.708. The third-order valence-electron chi connectivity index (χ3n) is 2.66. The molecule has 0 atom stereocenters. The van der Waals surface area contributed by atoms with Crippen molar-refractivity contribution in [2.45, 2.75) is 40.3 Å². The van der Waals surface area contributed by atoms with Crippen molar-refractivity contribution in [3.05, 3.63) is 27.7 Å². The third-order valence-corrected chi connectivity index (χ3v) is 3.72. The normalized spacial score (nSPS) is 11.1. The van der Waals surface area contributed by atoms with Crippen LogP contribution in [0.1, 0.15) is 34.7 Å². The topological polar surface area (TPSA) is 55.6 Å². The van der Waals surface area contributed by atoms with Crippen LogP contribution in [0, 0.1) is 13.8 Å². The predicted molar refractivity (Wildman–Crippen MR) is 72.7 cm³/mol. The molecule has 98 valence electrons. The van der Waals surface area contributed by atoms with Crippen molar-refractivity contribution in [3.8, 4) is 0 Å². The molecule has 0 saturated heterocycles. The molecule has 0 bridgehead atoms. The maximum atomic E-state index is 4.50. The predicted octanol–water partition coefficient (Wildman–Crippen LogP) is 1.90. The SMILES string of the molecule is CCCNCc1ncn(Cc2nc(C)c(C)s2)n1. The summed E-state index contributed by atoms with van der Waals surface area (Å²) in [7, 11) is 0. The van der Waals surface area contributed by atoms with E-state index in [0.717, 1.165) is 36.0 Å². The highest BCUT2D eigenvalue weighted by atomic mass is 32.1. The molecule has 6 heteroatoms. The molecule has 2 heterocycles. The van der Waals surface area contributed by atoms with Crippen LogP contribution >= 0.6 is 11.3 Å². The number of hydrogen-bond acceptors (Lipinski definition) is 5. The molecule has 0 unspecified atom stereocenters. The Labute approximate surface area is 111 Å². The number of thiazole rings is 1. The zero-order valence-corrected chi connectivity index (χ0v) is 11.9. The lowest BCUT2D eigenvalue weighted by Gasteiger charge is -1.98. The van der Waals surface area contributed by atoms with Gasteiger partial charge in [-0.2, -0.15) is 5.10 Å². The van der Waals surface area contributed by atoms with E-state index in [1.54, 1.807) is 17.7 Å².